The summed E-state index contributed by atoms with van der Waals surface area (Å²) in [6, 6.07) is 5.54. The predicted molar refractivity (Wildman–Crippen MR) is 88.3 cm³/mol. The summed E-state index contributed by atoms with van der Waals surface area (Å²) >= 11 is 0. The second-order valence-corrected chi connectivity index (χ2v) is 6.41. The minimum Gasteiger partial charge on any atom is -0.338 e. The lowest BCUT2D eigenvalue weighted by Gasteiger charge is -2.23. The first-order valence-corrected chi connectivity index (χ1v) is 7.43. The van der Waals surface area contributed by atoms with Crippen LogP contribution in [-0.4, -0.2) is 36.3 Å². The highest BCUT2D eigenvalue weighted by Gasteiger charge is 2.35. The van der Waals surface area contributed by atoms with Crippen LogP contribution in [0.25, 0.3) is 0 Å². The van der Waals surface area contributed by atoms with E-state index in [-0.39, 0.29) is 29.6 Å². The molecule has 2 heterocycles. The van der Waals surface area contributed by atoms with E-state index in [1.165, 1.54) is 0 Å². The lowest BCUT2D eigenvalue weighted by atomic mass is 9.90. The summed E-state index contributed by atoms with van der Waals surface area (Å²) in [7, 11) is 0. The molecule has 3 rings (SSSR count). The number of likely N-dealkylation sites (tertiary alicyclic amines) is 1. The first-order chi connectivity index (χ1) is 10.0. The van der Waals surface area contributed by atoms with Gasteiger partial charge in [0.2, 0.25) is 5.91 Å². The van der Waals surface area contributed by atoms with Gasteiger partial charge in [-0.2, -0.15) is 0 Å². The summed E-state index contributed by atoms with van der Waals surface area (Å²) in [5.74, 6) is 0.103. The fourth-order valence-corrected chi connectivity index (χ4v) is 3.06. The number of benzene rings is 1. The van der Waals surface area contributed by atoms with Crippen molar-refractivity contribution in [2.75, 3.05) is 25.0 Å². The van der Waals surface area contributed by atoms with Gasteiger partial charge in [-0.25, -0.2) is 0 Å². The van der Waals surface area contributed by atoms with Crippen molar-refractivity contribution in [3.05, 3.63) is 29.3 Å². The highest BCUT2D eigenvalue weighted by Crippen LogP contribution is 2.30. The third-order valence-electron chi connectivity index (χ3n) is 4.59. The number of hydrogen-bond acceptors (Lipinski definition) is 3. The fraction of sp³-hybridized carbons (Fsp3) is 0.500. The molecule has 6 heteroatoms. The Morgan fingerprint density at radius 3 is 2.86 bits per heavy atom. The van der Waals surface area contributed by atoms with Gasteiger partial charge in [0.15, 0.2) is 0 Å². The quantitative estimate of drug-likeness (QED) is 0.871. The number of nitrogens with two attached hydrogens (primary N) is 1. The molecular weight excluding hydrogens is 302 g/mol. The maximum absolute atomic E-state index is 12.6. The lowest BCUT2D eigenvalue weighted by Crippen LogP contribution is -2.34. The summed E-state index contributed by atoms with van der Waals surface area (Å²) in [5.41, 5.74) is 8.41. The molecule has 1 aromatic carbocycles. The van der Waals surface area contributed by atoms with Crippen LogP contribution >= 0.6 is 12.4 Å². The molecule has 0 aliphatic carbocycles. The van der Waals surface area contributed by atoms with E-state index >= 15 is 0 Å². The number of rotatable bonds is 2. The number of hydrogen-bond donors (Lipinski definition) is 2. The molecule has 22 heavy (non-hydrogen) atoms. The Labute approximate surface area is 136 Å². The van der Waals surface area contributed by atoms with Crippen LogP contribution in [0.3, 0.4) is 0 Å². The van der Waals surface area contributed by atoms with E-state index in [0.717, 1.165) is 30.8 Å². The molecule has 1 fully saturated rings. The van der Waals surface area contributed by atoms with Gasteiger partial charge in [-0.15, -0.1) is 12.4 Å². The summed E-state index contributed by atoms with van der Waals surface area (Å²) < 4.78 is 0. The van der Waals surface area contributed by atoms with Crippen molar-refractivity contribution in [3.63, 3.8) is 0 Å². The zero-order valence-electron chi connectivity index (χ0n) is 12.7. The standard InChI is InChI=1S/C16H21N3O2.ClH/c1-16(9-17)6-7-19(10-16)15(21)12-2-4-13-11(8-12)3-5-14(20)18-13;/h2,4,8H,3,5-7,9-10,17H2,1H3,(H,18,20);1H. The van der Waals surface area contributed by atoms with Gasteiger partial charge in [0.05, 0.1) is 0 Å². The molecule has 1 saturated heterocycles. The molecule has 120 valence electrons. The maximum Gasteiger partial charge on any atom is 0.253 e. The third-order valence-corrected chi connectivity index (χ3v) is 4.59. The second kappa shape index (κ2) is 6.26. The van der Waals surface area contributed by atoms with Gasteiger partial charge in [-0.3, -0.25) is 9.59 Å². The van der Waals surface area contributed by atoms with Gasteiger partial charge in [0.25, 0.3) is 5.91 Å². The van der Waals surface area contributed by atoms with Crippen molar-refractivity contribution < 1.29 is 9.59 Å². The average Bonchev–Trinajstić information content (AvgIpc) is 2.89. The Balaban J connectivity index is 0.00000176. The number of fused-ring (bicyclic) bond motifs is 1. The Hall–Kier alpha value is -1.59. The van der Waals surface area contributed by atoms with Gasteiger partial charge < -0.3 is 16.0 Å². The normalized spacial score (nSPS) is 23.5. The molecule has 1 atom stereocenters. The molecule has 2 aliphatic rings. The molecule has 5 nitrogen and oxygen atoms in total. The molecule has 0 spiro atoms. The van der Waals surface area contributed by atoms with E-state index in [1.54, 1.807) is 6.07 Å². The van der Waals surface area contributed by atoms with Crippen LogP contribution < -0.4 is 11.1 Å². The Morgan fingerprint density at radius 1 is 1.41 bits per heavy atom. The van der Waals surface area contributed by atoms with Gasteiger partial charge in [-0.1, -0.05) is 6.92 Å². The van der Waals surface area contributed by atoms with Crippen LogP contribution in [0.2, 0.25) is 0 Å². The molecule has 2 aliphatic heterocycles. The average molecular weight is 324 g/mol. The van der Waals surface area contributed by atoms with E-state index < -0.39 is 0 Å². The minimum atomic E-state index is 0. The molecule has 0 radical (unpaired) electrons. The lowest BCUT2D eigenvalue weighted by molar-refractivity contribution is -0.116. The van der Waals surface area contributed by atoms with E-state index in [9.17, 15) is 9.59 Å². The highest BCUT2D eigenvalue weighted by molar-refractivity contribution is 5.98. The van der Waals surface area contributed by atoms with Crippen LogP contribution in [0, 0.1) is 5.41 Å². The van der Waals surface area contributed by atoms with Crippen LogP contribution in [0.15, 0.2) is 18.2 Å². The van der Waals surface area contributed by atoms with Crippen molar-refractivity contribution in [1.29, 1.82) is 0 Å². The molecular formula is C16H22ClN3O2. The third kappa shape index (κ3) is 3.10. The molecule has 3 N–H and O–H groups in total. The molecule has 1 aromatic rings. The van der Waals surface area contributed by atoms with Gasteiger partial charge in [0.1, 0.15) is 0 Å². The Kier molecular flexibility index (Phi) is 4.78. The SMILES string of the molecule is CC1(CN)CCN(C(=O)c2ccc3c(c2)CCC(=O)N3)C1.Cl. The number of carbonyl (C=O) groups excluding carboxylic acids is 2. The fourth-order valence-electron chi connectivity index (χ4n) is 3.06. The number of anilines is 1. The largest absolute Gasteiger partial charge is 0.338 e. The van der Waals surface area contributed by atoms with Crippen molar-refractivity contribution in [2.45, 2.75) is 26.2 Å². The number of nitrogens with zero attached hydrogens (tertiary/aromatic N) is 1. The molecule has 1 unspecified atom stereocenters. The first-order valence-electron chi connectivity index (χ1n) is 7.43. The highest BCUT2D eigenvalue weighted by atomic mass is 35.5. The molecule has 2 amide bonds. The summed E-state index contributed by atoms with van der Waals surface area (Å²) in [5, 5.41) is 2.84. The first kappa shape index (κ1) is 16.8. The van der Waals surface area contributed by atoms with Crippen LogP contribution in [0.4, 0.5) is 5.69 Å². The van der Waals surface area contributed by atoms with Crippen molar-refractivity contribution in [3.8, 4) is 0 Å². The zero-order valence-corrected chi connectivity index (χ0v) is 13.5. The number of nitrogens with one attached hydrogen (secondary N) is 1. The minimum absolute atomic E-state index is 0. The number of halogens is 1. The zero-order chi connectivity index (χ0) is 15.0. The molecule has 0 aromatic heterocycles. The van der Waals surface area contributed by atoms with Crippen molar-refractivity contribution in [2.24, 2.45) is 11.1 Å². The van der Waals surface area contributed by atoms with Crippen LogP contribution in [0.5, 0.6) is 0 Å². The number of aryl methyl sites for hydroxylation is 1. The van der Waals surface area contributed by atoms with E-state index in [4.69, 9.17) is 5.73 Å². The van der Waals surface area contributed by atoms with Gasteiger partial charge >= 0.3 is 0 Å². The number of carbonyl (C=O) groups is 2. The summed E-state index contributed by atoms with van der Waals surface area (Å²) in [6.45, 7) is 4.21. The van der Waals surface area contributed by atoms with E-state index in [1.807, 2.05) is 17.0 Å². The summed E-state index contributed by atoms with van der Waals surface area (Å²) in [4.78, 5) is 25.8. The number of amides is 2. The smallest absolute Gasteiger partial charge is 0.253 e. The van der Waals surface area contributed by atoms with Crippen molar-refractivity contribution in [1.82, 2.24) is 4.90 Å². The summed E-state index contributed by atoms with van der Waals surface area (Å²) in [6.07, 6.45) is 2.14. The van der Waals surface area contributed by atoms with Crippen LogP contribution in [-0.2, 0) is 11.2 Å². The van der Waals surface area contributed by atoms with Crippen LogP contribution in [0.1, 0.15) is 35.7 Å². The van der Waals surface area contributed by atoms with E-state index in [0.29, 0.717) is 24.9 Å². The van der Waals surface area contributed by atoms with E-state index in [2.05, 4.69) is 12.2 Å². The topological polar surface area (TPSA) is 75.4 Å². The predicted octanol–water partition coefficient (Wildman–Crippen LogP) is 1.80. The monoisotopic (exact) mass is 323 g/mol. The second-order valence-electron chi connectivity index (χ2n) is 6.41. The Bertz CT molecular complexity index is 605. The molecule has 0 bridgehead atoms. The van der Waals surface area contributed by atoms with Gasteiger partial charge in [-0.05, 0) is 48.6 Å². The van der Waals surface area contributed by atoms with Crippen molar-refractivity contribution >= 4 is 29.9 Å². The molecule has 0 saturated carbocycles. The van der Waals surface area contributed by atoms with Gasteiger partial charge in [0, 0.05) is 30.8 Å². The Morgan fingerprint density at radius 2 is 2.18 bits per heavy atom. The maximum atomic E-state index is 12.6.